The summed E-state index contributed by atoms with van der Waals surface area (Å²) in [6.45, 7) is 17.2. The van der Waals surface area contributed by atoms with Gasteiger partial charge in [0.2, 0.25) is 0 Å². The van der Waals surface area contributed by atoms with E-state index in [9.17, 15) is 25.2 Å². The first kappa shape index (κ1) is 29.5. The molecule has 4 saturated carbocycles. The van der Waals surface area contributed by atoms with E-state index in [-0.39, 0.29) is 58.6 Å². The summed E-state index contributed by atoms with van der Waals surface area (Å²) in [6.07, 6.45) is 6.57. The Hall–Kier alpha value is -0.950. The summed E-state index contributed by atoms with van der Waals surface area (Å²) in [4.78, 5) is 11.8. The van der Waals surface area contributed by atoms with Gasteiger partial charge in [-0.25, -0.2) is 0 Å². The molecule has 0 spiro atoms. The van der Waals surface area contributed by atoms with E-state index in [4.69, 9.17) is 4.74 Å². The predicted molar refractivity (Wildman–Crippen MR) is 150 cm³/mol. The average Bonchev–Trinajstić information content (AvgIpc) is 2.85. The normalized spacial score (nSPS) is 54.4. The maximum atomic E-state index is 12.0. The van der Waals surface area contributed by atoms with Crippen LogP contribution in [0.1, 0.15) is 100 Å². The van der Waals surface area contributed by atoms with E-state index in [0.29, 0.717) is 18.8 Å². The summed E-state index contributed by atoms with van der Waals surface area (Å²) < 4.78 is 5.56. The van der Waals surface area contributed by atoms with Gasteiger partial charge in [0.15, 0.2) is 0 Å². The van der Waals surface area contributed by atoms with Crippen LogP contribution in [0.25, 0.3) is 0 Å². The van der Waals surface area contributed by atoms with Crippen molar-refractivity contribution in [1.29, 1.82) is 0 Å². The first-order valence-electron chi connectivity index (χ1n) is 15.4. The van der Waals surface area contributed by atoms with Crippen molar-refractivity contribution < 1.29 is 30.0 Å². The average molecular weight is 547 g/mol. The van der Waals surface area contributed by atoms with Crippen molar-refractivity contribution in [3.8, 4) is 0 Å². The van der Waals surface area contributed by atoms with Gasteiger partial charge in [0.1, 0.15) is 0 Å². The van der Waals surface area contributed by atoms with Gasteiger partial charge in [-0.1, -0.05) is 60.1 Å². The van der Waals surface area contributed by atoms with Gasteiger partial charge in [-0.2, -0.15) is 0 Å². The van der Waals surface area contributed by atoms with Crippen molar-refractivity contribution in [3.63, 3.8) is 0 Å². The zero-order chi connectivity index (χ0) is 29.0. The second-order valence-electron chi connectivity index (χ2n) is 16.1. The Kier molecular flexibility index (Phi) is 6.83. The molecule has 0 heterocycles. The zero-order valence-electron chi connectivity index (χ0n) is 25.6. The number of carbonyl (C=O) groups is 1. The third-order valence-corrected chi connectivity index (χ3v) is 14.3. The number of carbonyl (C=O) groups excluding carboxylic acids is 1. The Bertz CT molecular complexity index is 1040. The quantitative estimate of drug-likeness (QED) is 0.297. The summed E-state index contributed by atoms with van der Waals surface area (Å²) in [5.74, 6) is 0.119. The highest BCUT2D eigenvalue weighted by molar-refractivity contribution is 5.65. The first-order valence-corrected chi connectivity index (χ1v) is 15.4. The lowest BCUT2D eigenvalue weighted by Crippen LogP contribution is -2.70. The number of hydrogen-bond donors (Lipinski definition) is 4. The van der Waals surface area contributed by atoms with E-state index < -0.39 is 29.1 Å². The lowest BCUT2D eigenvalue weighted by Gasteiger charge is -2.72. The van der Waals surface area contributed by atoms with Gasteiger partial charge in [0.05, 0.1) is 31.5 Å². The lowest BCUT2D eigenvalue weighted by atomic mass is 9.32. The fourth-order valence-corrected chi connectivity index (χ4v) is 11.7. The van der Waals surface area contributed by atoms with Crippen LogP contribution in [0.4, 0.5) is 0 Å². The van der Waals surface area contributed by atoms with Gasteiger partial charge < -0.3 is 25.2 Å². The largest absolute Gasteiger partial charge is 0.465 e. The molecule has 0 bridgehead atoms. The smallest absolute Gasteiger partial charge is 0.302 e. The molecular formula is C33H54O6. The number of fused-ring (bicyclic) bond motifs is 7. The number of aliphatic hydroxyl groups is 4. The SMILES string of the molecule is CC(=O)OC[C@]1(C)C2CC[C@]3(C)C(CC=C4C5CC(C)(C)[C@@H](O)[C@H](C)[C@]5(CO)[C@H](O)C[C@]43C)[C@@]2(C)CC[C@@H]1O. The molecule has 5 rings (SSSR count). The van der Waals surface area contributed by atoms with Crippen LogP contribution in [0.15, 0.2) is 11.6 Å². The Morgan fingerprint density at radius 3 is 2.26 bits per heavy atom. The van der Waals surface area contributed by atoms with Gasteiger partial charge in [-0.05, 0) is 90.3 Å². The Morgan fingerprint density at radius 1 is 0.974 bits per heavy atom. The number of esters is 1. The van der Waals surface area contributed by atoms with Crippen molar-refractivity contribution >= 4 is 5.97 Å². The number of ether oxygens (including phenoxy) is 1. The molecule has 4 N–H and O–H groups in total. The van der Waals surface area contributed by atoms with E-state index >= 15 is 0 Å². The third kappa shape index (κ3) is 3.63. The minimum Gasteiger partial charge on any atom is -0.465 e. The topological polar surface area (TPSA) is 107 Å². The van der Waals surface area contributed by atoms with Crippen molar-refractivity contribution in [3.05, 3.63) is 11.6 Å². The highest BCUT2D eigenvalue weighted by Gasteiger charge is 2.71. The molecular weight excluding hydrogens is 492 g/mol. The Balaban J connectivity index is 1.59. The van der Waals surface area contributed by atoms with Crippen molar-refractivity contribution in [2.45, 2.75) is 119 Å². The predicted octanol–water partition coefficient (Wildman–Crippen LogP) is 4.87. The van der Waals surface area contributed by atoms with E-state index in [1.54, 1.807) is 0 Å². The second-order valence-corrected chi connectivity index (χ2v) is 16.1. The molecule has 5 aliphatic rings. The summed E-state index contributed by atoms with van der Waals surface area (Å²) in [6, 6.07) is 0. The van der Waals surface area contributed by atoms with Gasteiger partial charge in [0, 0.05) is 17.8 Å². The zero-order valence-corrected chi connectivity index (χ0v) is 25.6. The molecule has 0 aromatic rings. The molecule has 39 heavy (non-hydrogen) atoms. The highest BCUT2D eigenvalue weighted by Crippen LogP contribution is 2.76. The van der Waals surface area contributed by atoms with E-state index in [1.807, 2.05) is 6.92 Å². The summed E-state index contributed by atoms with van der Waals surface area (Å²) >= 11 is 0. The van der Waals surface area contributed by atoms with Crippen LogP contribution < -0.4 is 0 Å². The van der Waals surface area contributed by atoms with E-state index in [2.05, 4.69) is 47.6 Å². The second kappa shape index (κ2) is 9.02. The van der Waals surface area contributed by atoms with Gasteiger partial charge in [-0.3, -0.25) is 4.79 Å². The maximum Gasteiger partial charge on any atom is 0.302 e. The number of aliphatic hydroxyl groups excluding tert-OH is 4. The van der Waals surface area contributed by atoms with Crippen LogP contribution in [-0.2, 0) is 9.53 Å². The summed E-state index contributed by atoms with van der Waals surface area (Å²) in [5.41, 5.74) is -0.442. The van der Waals surface area contributed by atoms with Crippen LogP contribution in [0.3, 0.4) is 0 Å². The number of rotatable bonds is 3. The lowest BCUT2D eigenvalue weighted by molar-refractivity contribution is -0.244. The van der Waals surface area contributed by atoms with Crippen LogP contribution in [0.2, 0.25) is 0 Å². The molecule has 0 radical (unpaired) electrons. The molecule has 3 unspecified atom stereocenters. The summed E-state index contributed by atoms with van der Waals surface area (Å²) in [7, 11) is 0. The number of hydrogen-bond acceptors (Lipinski definition) is 6. The van der Waals surface area contributed by atoms with Crippen molar-refractivity contribution in [1.82, 2.24) is 0 Å². The Labute approximate surface area is 235 Å². The fourth-order valence-electron chi connectivity index (χ4n) is 11.7. The van der Waals surface area contributed by atoms with Crippen LogP contribution in [-0.4, -0.2) is 57.9 Å². The fraction of sp³-hybridized carbons (Fsp3) is 0.909. The van der Waals surface area contributed by atoms with Gasteiger partial charge >= 0.3 is 5.97 Å². The summed E-state index contributed by atoms with van der Waals surface area (Å²) in [5, 5.41) is 45.4. The van der Waals surface area contributed by atoms with Gasteiger partial charge in [-0.15, -0.1) is 0 Å². The minimum absolute atomic E-state index is 0.0235. The van der Waals surface area contributed by atoms with Crippen LogP contribution in [0, 0.1) is 56.2 Å². The standard InChI is InChI=1S/C33H54O6/c1-19-27(38)28(3,4)15-22-21-9-10-24-29(5)13-12-25(36)30(6,18-39-20(2)35)23(29)11-14-31(24,7)32(21,8)16-26(37)33(19,22)17-34/h9,19,22-27,34,36-38H,10-18H2,1-8H3/t19-,22?,23?,24?,25-,26+,27-,29-,30+,31+,32+,33-/m0/s1. The monoisotopic (exact) mass is 546 g/mol. The Morgan fingerprint density at radius 2 is 1.64 bits per heavy atom. The molecule has 0 saturated heterocycles. The van der Waals surface area contributed by atoms with Crippen LogP contribution in [0.5, 0.6) is 0 Å². The molecule has 5 aliphatic carbocycles. The molecule has 0 aromatic heterocycles. The highest BCUT2D eigenvalue weighted by atomic mass is 16.5. The molecule has 12 atom stereocenters. The molecule has 0 aliphatic heterocycles. The number of allylic oxidation sites excluding steroid dienone is 2. The molecule has 0 amide bonds. The molecule has 0 aromatic carbocycles. The maximum absolute atomic E-state index is 12.0. The molecule has 4 fully saturated rings. The van der Waals surface area contributed by atoms with Gasteiger partial charge in [0.25, 0.3) is 0 Å². The van der Waals surface area contributed by atoms with E-state index in [1.165, 1.54) is 12.5 Å². The third-order valence-electron chi connectivity index (χ3n) is 14.3. The van der Waals surface area contributed by atoms with Crippen molar-refractivity contribution in [2.75, 3.05) is 13.2 Å². The minimum atomic E-state index is -0.734. The molecule has 222 valence electrons. The molecule has 6 nitrogen and oxygen atoms in total. The first-order chi connectivity index (χ1) is 18.0. The van der Waals surface area contributed by atoms with Crippen LogP contribution >= 0.6 is 0 Å². The van der Waals surface area contributed by atoms with Crippen molar-refractivity contribution in [2.24, 2.45) is 56.2 Å². The van der Waals surface area contributed by atoms with E-state index in [0.717, 1.165) is 32.1 Å². The molecule has 6 heteroatoms.